The Kier molecular flexibility index (Phi) is 6.46. The molecule has 0 bridgehead atoms. The second-order valence-electron chi connectivity index (χ2n) is 7.70. The maximum atomic E-state index is 12.8. The van der Waals surface area contributed by atoms with Crippen molar-refractivity contribution in [3.05, 3.63) is 89.5 Å². The van der Waals surface area contributed by atoms with Gasteiger partial charge >= 0.3 is 0 Å². The second kappa shape index (κ2) is 9.44. The van der Waals surface area contributed by atoms with Crippen molar-refractivity contribution < 1.29 is 22.7 Å². The zero-order valence-electron chi connectivity index (χ0n) is 17.8. The number of benzene rings is 3. The summed E-state index contributed by atoms with van der Waals surface area (Å²) in [6.45, 7) is 2.81. The molecule has 1 atom stereocenters. The molecule has 3 aromatic rings. The molecule has 0 aromatic heterocycles. The third-order valence-electron chi connectivity index (χ3n) is 5.32. The number of ether oxygens (including phenoxy) is 2. The number of amides is 1. The van der Waals surface area contributed by atoms with Crippen LogP contribution in [0, 0.1) is 6.92 Å². The van der Waals surface area contributed by atoms with E-state index in [1.807, 2.05) is 61.5 Å². The maximum absolute atomic E-state index is 12.8. The van der Waals surface area contributed by atoms with E-state index in [-0.39, 0.29) is 29.0 Å². The minimum absolute atomic E-state index is 0.118. The van der Waals surface area contributed by atoms with Crippen LogP contribution in [0.4, 0.5) is 0 Å². The van der Waals surface area contributed by atoms with Crippen molar-refractivity contribution in [1.82, 2.24) is 5.32 Å². The number of carbonyl (C=O) groups excluding carboxylic acids is 1. The molecule has 3 aromatic carbocycles. The van der Waals surface area contributed by atoms with Gasteiger partial charge in [0.2, 0.25) is 5.91 Å². The molecule has 1 heterocycles. The summed E-state index contributed by atoms with van der Waals surface area (Å²) in [7, 11) is -3.66. The maximum Gasteiger partial charge on any atom is 0.221 e. The highest BCUT2D eigenvalue weighted by molar-refractivity contribution is 7.91. The van der Waals surface area contributed by atoms with Crippen LogP contribution in [0.1, 0.15) is 29.2 Å². The number of carbonyl (C=O) groups is 1. The minimum atomic E-state index is -3.66. The summed E-state index contributed by atoms with van der Waals surface area (Å²) in [5.74, 6) is 0.302. The van der Waals surface area contributed by atoms with Gasteiger partial charge in [0, 0.05) is 12.5 Å². The number of hydrogen-bond acceptors (Lipinski definition) is 5. The predicted molar refractivity (Wildman–Crippen MR) is 122 cm³/mol. The number of hydrogen-bond donors (Lipinski definition) is 1. The van der Waals surface area contributed by atoms with Gasteiger partial charge in [-0.2, -0.15) is 0 Å². The number of fused-ring (bicyclic) bond motifs is 1. The van der Waals surface area contributed by atoms with Crippen molar-refractivity contribution in [1.29, 1.82) is 0 Å². The van der Waals surface area contributed by atoms with E-state index in [1.54, 1.807) is 6.07 Å². The standard InChI is InChI=1S/C25H25NO5S/c1-18-7-9-20(10-8-18)25(19-5-3-2-4-6-19)26-24(27)13-16-32(28,29)21-11-12-22-23(17-21)31-15-14-30-22/h2-12,17,25H,13-16H2,1H3,(H,26,27). The van der Waals surface area contributed by atoms with Gasteiger partial charge in [0.1, 0.15) is 13.2 Å². The Morgan fingerprint density at radius 1 is 0.906 bits per heavy atom. The van der Waals surface area contributed by atoms with Crippen LogP contribution in [0.5, 0.6) is 11.5 Å². The van der Waals surface area contributed by atoms with E-state index in [2.05, 4.69) is 5.32 Å². The van der Waals surface area contributed by atoms with Crippen molar-refractivity contribution in [2.24, 2.45) is 0 Å². The van der Waals surface area contributed by atoms with E-state index in [0.717, 1.165) is 16.7 Å². The summed E-state index contributed by atoms with van der Waals surface area (Å²) in [4.78, 5) is 12.9. The Morgan fingerprint density at radius 3 is 2.28 bits per heavy atom. The summed E-state index contributed by atoms with van der Waals surface area (Å²) in [6.07, 6.45) is -0.147. The van der Waals surface area contributed by atoms with Gasteiger partial charge in [-0.05, 0) is 30.2 Å². The minimum Gasteiger partial charge on any atom is -0.486 e. The van der Waals surface area contributed by atoms with Crippen molar-refractivity contribution in [2.45, 2.75) is 24.3 Å². The van der Waals surface area contributed by atoms with Gasteiger partial charge in [0.15, 0.2) is 21.3 Å². The van der Waals surface area contributed by atoms with Gasteiger partial charge in [-0.15, -0.1) is 0 Å². The first-order chi connectivity index (χ1) is 15.4. The molecule has 0 aliphatic carbocycles. The molecule has 6 nitrogen and oxygen atoms in total. The summed E-state index contributed by atoms with van der Waals surface area (Å²) in [5, 5.41) is 2.99. The molecule has 1 N–H and O–H groups in total. The molecule has 1 amide bonds. The average Bonchev–Trinajstić information content (AvgIpc) is 2.82. The zero-order valence-corrected chi connectivity index (χ0v) is 18.6. The number of nitrogens with one attached hydrogen (secondary N) is 1. The molecule has 4 rings (SSSR count). The van der Waals surface area contributed by atoms with Crippen molar-refractivity contribution in [3.8, 4) is 11.5 Å². The van der Waals surface area contributed by atoms with E-state index >= 15 is 0 Å². The van der Waals surface area contributed by atoms with E-state index < -0.39 is 9.84 Å². The van der Waals surface area contributed by atoms with Gasteiger partial charge < -0.3 is 14.8 Å². The molecular formula is C25H25NO5S. The molecule has 1 unspecified atom stereocenters. The zero-order chi connectivity index (χ0) is 22.6. The quantitative estimate of drug-likeness (QED) is 0.590. The number of rotatable bonds is 7. The lowest BCUT2D eigenvalue weighted by Crippen LogP contribution is -2.30. The lowest BCUT2D eigenvalue weighted by molar-refractivity contribution is -0.121. The van der Waals surface area contributed by atoms with Crippen molar-refractivity contribution >= 4 is 15.7 Å². The first-order valence-corrected chi connectivity index (χ1v) is 12.1. The molecule has 1 aliphatic heterocycles. The molecule has 7 heteroatoms. The molecule has 0 saturated carbocycles. The first-order valence-electron chi connectivity index (χ1n) is 10.5. The molecule has 1 aliphatic rings. The monoisotopic (exact) mass is 451 g/mol. The highest BCUT2D eigenvalue weighted by atomic mass is 32.2. The number of aryl methyl sites for hydroxylation is 1. The first kappa shape index (κ1) is 21.9. The fourth-order valence-electron chi connectivity index (χ4n) is 3.56. The summed E-state index contributed by atoms with van der Waals surface area (Å²) < 4.78 is 36.5. The molecule has 0 saturated heterocycles. The lowest BCUT2D eigenvalue weighted by Gasteiger charge is -2.20. The Balaban J connectivity index is 1.47. The van der Waals surface area contributed by atoms with E-state index in [1.165, 1.54) is 12.1 Å². The Hall–Kier alpha value is -3.32. The fraction of sp³-hybridized carbons (Fsp3) is 0.240. The van der Waals surface area contributed by atoms with Crippen LogP contribution in [-0.2, 0) is 14.6 Å². The third kappa shape index (κ3) is 5.11. The Bertz CT molecular complexity index is 1190. The fourth-order valence-corrected chi connectivity index (χ4v) is 4.81. The van der Waals surface area contributed by atoms with Crippen LogP contribution in [0.3, 0.4) is 0 Å². The van der Waals surface area contributed by atoms with Crippen molar-refractivity contribution in [2.75, 3.05) is 19.0 Å². The van der Waals surface area contributed by atoms with Gasteiger partial charge in [-0.1, -0.05) is 60.2 Å². The predicted octanol–water partition coefficient (Wildman–Crippen LogP) is 3.84. The molecule has 0 spiro atoms. The van der Waals surface area contributed by atoms with Gasteiger partial charge in [0.05, 0.1) is 16.7 Å². The summed E-state index contributed by atoms with van der Waals surface area (Å²) in [5.41, 5.74) is 2.99. The van der Waals surface area contributed by atoms with Crippen LogP contribution in [-0.4, -0.2) is 33.3 Å². The normalized spacial score (nSPS) is 13.9. The molecule has 32 heavy (non-hydrogen) atoms. The molecule has 0 fully saturated rings. The molecular weight excluding hydrogens is 426 g/mol. The SMILES string of the molecule is Cc1ccc(C(NC(=O)CCS(=O)(=O)c2ccc3c(c2)OCCO3)c2ccccc2)cc1. The highest BCUT2D eigenvalue weighted by Crippen LogP contribution is 2.32. The number of sulfone groups is 1. The Morgan fingerprint density at radius 2 is 1.56 bits per heavy atom. The Labute approximate surface area is 188 Å². The van der Waals surface area contributed by atoms with Crippen LogP contribution in [0.25, 0.3) is 0 Å². The molecule has 166 valence electrons. The van der Waals surface area contributed by atoms with Crippen LogP contribution < -0.4 is 14.8 Å². The van der Waals surface area contributed by atoms with Crippen molar-refractivity contribution in [3.63, 3.8) is 0 Å². The van der Waals surface area contributed by atoms with Gasteiger partial charge in [0.25, 0.3) is 0 Å². The van der Waals surface area contributed by atoms with Crippen LogP contribution in [0.15, 0.2) is 77.7 Å². The highest BCUT2D eigenvalue weighted by Gasteiger charge is 2.22. The van der Waals surface area contributed by atoms with E-state index in [9.17, 15) is 13.2 Å². The topological polar surface area (TPSA) is 81.7 Å². The largest absolute Gasteiger partial charge is 0.486 e. The van der Waals surface area contributed by atoms with Gasteiger partial charge in [-0.25, -0.2) is 8.42 Å². The summed E-state index contributed by atoms with van der Waals surface area (Å²) in [6, 6.07) is 21.7. The summed E-state index contributed by atoms with van der Waals surface area (Å²) >= 11 is 0. The van der Waals surface area contributed by atoms with E-state index in [4.69, 9.17) is 9.47 Å². The van der Waals surface area contributed by atoms with Crippen LogP contribution >= 0.6 is 0 Å². The average molecular weight is 452 g/mol. The van der Waals surface area contributed by atoms with E-state index in [0.29, 0.717) is 24.7 Å². The van der Waals surface area contributed by atoms with Crippen LogP contribution in [0.2, 0.25) is 0 Å². The van der Waals surface area contributed by atoms with Gasteiger partial charge in [-0.3, -0.25) is 4.79 Å². The third-order valence-corrected chi connectivity index (χ3v) is 7.03. The smallest absolute Gasteiger partial charge is 0.221 e. The second-order valence-corrected chi connectivity index (χ2v) is 9.81. The lowest BCUT2D eigenvalue weighted by atomic mass is 9.97. The molecule has 0 radical (unpaired) electrons.